The van der Waals surface area contributed by atoms with Crippen LogP contribution in [0.5, 0.6) is 0 Å². The first-order valence-corrected chi connectivity index (χ1v) is 5.61. The summed E-state index contributed by atoms with van der Waals surface area (Å²) < 4.78 is 0.198. The molecule has 1 aromatic heterocycles. The lowest BCUT2D eigenvalue weighted by Crippen LogP contribution is -2.09. The highest BCUT2D eigenvalue weighted by Crippen LogP contribution is 2.31. The molecule has 78 valence electrons. The van der Waals surface area contributed by atoms with Crippen LogP contribution in [0.4, 0.5) is 0 Å². The van der Waals surface area contributed by atoms with E-state index in [0.717, 1.165) is 10.6 Å². The lowest BCUT2D eigenvalue weighted by Gasteiger charge is -2.17. The van der Waals surface area contributed by atoms with Gasteiger partial charge in [-0.25, -0.2) is 4.98 Å². The molecular weight excluding hydrogens is 192 g/mol. The summed E-state index contributed by atoms with van der Waals surface area (Å²) in [5.41, 5.74) is 6.95. The van der Waals surface area contributed by atoms with E-state index in [1.54, 1.807) is 11.8 Å². The highest BCUT2D eigenvalue weighted by Gasteiger charge is 2.13. The maximum absolute atomic E-state index is 5.81. The molecule has 0 amide bonds. The van der Waals surface area contributed by atoms with Crippen LogP contribution in [-0.4, -0.2) is 9.73 Å². The summed E-state index contributed by atoms with van der Waals surface area (Å²) in [5, 5.41) is 1.05. The Morgan fingerprint density at radius 2 is 2.07 bits per heavy atom. The molecule has 0 aliphatic rings. The van der Waals surface area contributed by atoms with Gasteiger partial charge in [0.2, 0.25) is 0 Å². The van der Waals surface area contributed by atoms with Crippen LogP contribution in [0.25, 0.3) is 0 Å². The van der Waals surface area contributed by atoms with Gasteiger partial charge in [-0.15, -0.1) is 11.8 Å². The van der Waals surface area contributed by atoms with Crippen molar-refractivity contribution in [1.82, 2.24) is 4.98 Å². The number of nitrogens with two attached hydrogens (primary N) is 1. The molecule has 1 rings (SSSR count). The van der Waals surface area contributed by atoms with Gasteiger partial charge in [0, 0.05) is 17.0 Å². The van der Waals surface area contributed by atoms with E-state index < -0.39 is 0 Å². The van der Waals surface area contributed by atoms with Gasteiger partial charge in [0.15, 0.2) is 0 Å². The van der Waals surface area contributed by atoms with Crippen molar-refractivity contribution in [2.75, 3.05) is 0 Å². The highest BCUT2D eigenvalue weighted by molar-refractivity contribution is 8.00. The van der Waals surface area contributed by atoms with E-state index >= 15 is 0 Å². The Kier molecular flexibility index (Phi) is 3.56. The molecule has 0 saturated heterocycles. The number of aromatic nitrogens is 1. The van der Waals surface area contributed by atoms with Gasteiger partial charge in [-0.1, -0.05) is 20.8 Å². The van der Waals surface area contributed by atoms with Crippen LogP contribution >= 0.6 is 11.8 Å². The number of hydrogen-bond donors (Lipinski definition) is 1. The molecular formula is C11H18N2S. The fourth-order valence-corrected chi connectivity index (χ4v) is 2.01. The van der Waals surface area contributed by atoms with Crippen LogP contribution in [0.1, 0.15) is 39.3 Å². The number of nitrogens with zero attached hydrogens (tertiary/aromatic N) is 1. The van der Waals surface area contributed by atoms with Gasteiger partial charge >= 0.3 is 0 Å². The third kappa shape index (κ3) is 3.68. The van der Waals surface area contributed by atoms with E-state index in [1.807, 2.05) is 19.2 Å². The summed E-state index contributed by atoms with van der Waals surface area (Å²) in [6.07, 6.45) is 1.83. The standard InChI is InChI=1S/C11H18N2S/c1-8(12)9-5-6-13-10(7-9)14-11(2,3)4/h5-8H,12H2,1-4H3/t8-/m1/s1. The second-order valence-electron chi connectivity index (χ2n) is 4.43. The fraction of sp³-hybridized carbons (Fsp3) is 0.545. The van der Waals surface area contributed by atoms with E-state index in [0.29, 0.717) is 0 Å². The molecule has 0 radical (unpaired) electrons. The van der Waals surface area contributed by atoms with Crippen LogP contribution in [0.3, 0.4) is 0 Å². The Morgan fingerprint density at radius 3 is 2.57 bits per heavy atom. The molecule has 0 saturated carbocycles. The minimum absolute atomic E-state index is 0.0809. The predicted octanol–water partition coefficient (Wildman–Crippen LogP) is 2.99. The van der Waals surface area contributed by atoms with Crippen molar-refractivity contribution in [3.63, 3.8) is 0 Å². The Balaban J connectivity index is 2.84. The third-order valence-corrected chi connectivity index (χ3v) is 2.74. The Labute approximate surface area is 90.3 Å². The van der Waals surface area contributed by atoms with Crippen LogP contribution in [-0.2, 0) is 0 Å². The molecule has 0 aliphatic heterocycles. The molecule has 0 fully saturated rings. The lowest BCUT2D eigenvalue weighted by atomic mass is 10.1. The quantitative estimate of drug-likeness (QED) is 0.763. The Bertz CT molecular complexity index is 302. The van der Waals surface area contributed by atoms with Gasteiger partial charge in [0.05, 0.1) is 5.03 Å². The van der Waals surface area contributed by atoms with Gasteiger partial charge in [-0.05, 0) is 24.6 Å². The molecule has 1 heterocycles. The summed E-state index contributed by atoms with van der Waals surface area (Å²) in [6, 6.07) is 4.12. The first-order chi connectivity index (χ1) is 6.38. The van der Waals surface area contributed by atoms with E-state index in [4.69, 9.17) is 5.73 Å². The summed E-state index contributed by atoms with van der Waals surface area (Å²) in [7, 11) is 0. The summed E-state index contributed by atoms with van der Waals surface area (Å²) in [6.45, 7) is 8.52. The second-order valence-corrected chi connectivity index (χ2v) is 6.28. The predicted molar refractivity (Wildman–Crippen MR) is 62.4 cm³/mol. The molecule has 0 unspecified atom stereocenters. The minimum atomic E-state index is 0.0809. The number of hydrogen-bond acceptors (Lipinski definition) is 3. The van der Waals surface area contributed by atoms with E-state index in [9.17, 15) is 0 Å². The lowest BCUT2D eigenvalue weighted by molar-refractivity contribution is 0.790. The first-order valence-electron chi connectivity index (χ1n) is 4.79. The molecule has 2 N–H and O–H groups in total. The monoisotopic (exact) mass is 210 g/mol. The van der Waals surface area contributed by atoms with Crippen molar-refractivity contribution in [2.24, 2.45) is 5.73 Å². The largest absolute Gasteiger partial charge is 0.324 e. The Hall–Kier alpha value is -0.540. The minimum Gasteiger partial charge on any atom is -0.324 e. The Morgan fingerprint density at radius 1 is 1.43 bits per heavy atom. The van der Waals surface area contributed by atoms with Crippen LogP contribution in [0.2, 0.25) is 0 Å². The van der Waals surface area contributed by atoms with Gasteiger partial charge in [-0.3, -0.25) is 0 Å². The zero-order chi connectivity index (χ0) is 10.8. The summed E-state index contributed by atoms with van der Waals surface area (Å²) in [4.78, 5) is 4.31. The van der Waals surface area contributed by atoms with Crippen molar-refractivity contribution in [1.29, 1.82) is 0 Å². The molecule has 2 nitrogen and oxygen atoms in total. The molecule has 1 aromatic rings. The molecule has 0 aromatic carbocycles. The van der Waals surface area contributed by atoms with Crippen LogP contribution < -0.4 is 5.73 Å². The molecule has 0 bridgehead atoms. The number of pyridine rings is 1. The second kappa shape index (κ2) is 4.32. The summed E-state index contributed by atoms with van der Waals surface area (Å²) in [5.74, 6) is 0. The van der Waals surface area contributed by atoms with E-state index in [-0.39, 0.29) is 10.8 Å². The number of rotatable bonds is 2. The summed E-state index contributed by atoms with van der Waals surface area (Å²) >= 11 is 1.77. The van der Waals surface area contributed by atoms with Crippen LogP contribution in [0.15, 0.2) is 23.4 Å². The SMILES string of the molecule is C[C@@H](N)c1ccnc(SC(C)(C)C)c1. The van der Waals surface area contributed by atoms with Gasteiger partial charge in [0.1, 0.15) is 0 Å². The van der Waals surface area contributed by atoms with Crippen molar-refractivity contribution in [2.45, 2.75) is 43.5 Å². The van der Waals surface area contributed by atoms with E-state index in [1.165, 1.54) is 0 Å². The third-order valence-electron chi connectivity index (χ3n) is 1.70. The zero-order valence-corrected chi connectivity index (χ0v) is 10.1. The van der Waals surface area contributed by atoms with Crippen molar-refractivity contribution in [3.05, 3.63) is 23.9 Å². The average Bonchev–Trinajstić information content (AvgIpc) is 2.01. The maximum atomic E-state index is 5.81. The van der Waals surface area contributed by atoms with Gasteiger partial charge < -0.3 is 5.73 Å². The van der Waals surface area contributed by atoms with Crippen molar-refractivity contribution >= 4 is 11.8 Å². The van der Waals surface area contributed by atoms with Gasteiger partial charge in [-0.2, -0.15) is 0 Å². The smallest absolute Gasteiger partial charge is 0.0968 e. The molecule has 3 heteroatoms. The molecule has 0 spiro atoms. The number of thioether (sulfide) groups is 1. The molecule has 0 aliphatic carbocycles. The zero-order valence-electron chi connectivity index (χ0n) is 9.24. The van der Waals surface area contributed by atoms with E-state index in [2.05, 4.69) is 31.8 Å². The highest BCUT2D eigenvalue weighted by atomic mass is 32.2. The molecule has 14 heavy (non-hydrogen) atoms. The van der Waals surface area contributed by atoms with Crippen molar-refractivity contribution < 1.29 is 0 Å². The first kappa shape index (κ1) is 11.5. The molecule has 1 atom stereocenters. The van der Waals surface area contributed by atoms with Gasteiger partial charge in [0.25, 0.3) is 0 Å². The normalized spacial score (nSPS) is 14.1. The fourth-order valence-electron chi connectivity index (χ4n) is 1.08. The van der Waals surface area contributed by atoms with Crippen LogP contribution in [0, 0.1) is 0 Å². The van der Waals surface area contributed by atoms with Crippen molar-refractivity contribution in [3.8, 4) is 0 Å². The maximum Gasteiger partial charge on any atom is 0.0968 e. The average molecular weight is 210 g/mol. The topological polar surface area (TPSA) is 38.9 Å².